The maximum absolute atomic E-state index is 12.5. The Labute approximate surface area is 126 Å². The molecular formula is C14H15N7O. The maximum Gasteiger partial charge on any atom is 0.252 e. The highest BCUT2D eigenvalue weighted by molar-refractivity contribution is 5.95. The Kier molecular flexibility index (Phi) is 2.88. The summed E-state index contributed by atoms with van der Waals surface area (Å²) >= 11 is 0. The first-order chi connectivity index (χ1) is 10.7. The van der Waals surface area contributed by atoms with Crippen LogP contribution in [0.3, 0.4) is 0 Å². The Morgan fingerprint density at radius 1 is 1.41 bits per heavy atom. The van der Waals surface area contributed by atoms with E-state index in [9.17, 15) is 4.79 Å². The molecule has 0 bridgehead atoms. The topological polar surface area (TPSA) is 90.0 Å². The number of amides is 1. The SMILES string of the molecule is Cn1ccnc1[C@H](NC(=O)c1ccn2nnnc2c1)C1CC1. The number of pyridine rings is 1. The average molecular weight is 297 g/mol. The summed E-state index contributed by atoms with van der Waals surface area (Å²) in [6.45, 7) is 0. The lowest BCUT2D eigenvalue weighted by Crippen LogP contribution is -2.31. The van der Waals surface area contributed by atoms with E-state index in [0.29, 0.717) is 17.1 Å². The molecule has 1 saturated carbocycles. The third kappa shape index (κ3) is 2.22. The van der Waals surface area contributed by atoms with Gasteiger partial charge in [0.2, 0.25) is 0 Å². The van der Waals surface area contributed by atoms with Crippen LogP contribution in [-0.4, -0.2) is 35.5 Å². The van der Waals surface area contributed by atoms with E-state index in [1.54, 1.807) is 24.5 Å². The summed E-state index contributed by atoms with van der Waals surface area (Å²) in [5, 5.41) is 14.3. The average Bonchev–Trinajstić information content (AvgIpc) is 3.10. The molecule has 3 aromatic heterocycles. The molecule has 1 fully saturated rings. The molecule has 0 aliphatic heterocycles. The van der Waals surface area contributed by atoms with Gasteiger partial charge in [0.05, 0.1) is 6.04 Å². The van der Waals surface area contributed by atoms with Gasteiger partial charge < -0.3 is 9.88 Å². The number of carbonyl (C=O) groups excluding carboxylic acids is 1. The number of nitrogens with one attached hydrogen (secondary N) is 1. The van der Waals surface area contributed by atoms with Crippen LogP contribution < -0.4 is 5.32 Å². The number of fused-ring (bicyclic) bond motifs is 1. The van der Waals surface area contributed by atoms with E-state index < -0.39 is 0 Å². The predicted molar refractivity (Wildman–Crippen MR) is 76.9 cm³/mol. The van der Waals surface area contributed by atoms with Gasteiger partial charge in [0.1, 0.15) is 5.82 Å². The van der Waals surface area contributed by atoms with Crippen LogP contribution in [0.25, 0.3) is 5.65 Å². The van der Waals surface area contributed by atoms with E-state index >= 15 is 0 Å². The normalized spacial score (nSPS) is 15.9. The van der Waals surface area contributed by atoms with Crippen molar-refractivity contribution in [3.63, 3.8) is 0 Å². The van der Waals surface area contributed by atoms with Crippen molar-refractivity contribution in [3.8, 4) is 0 Å². The summed E-state index contributed by atoms with van der Waals surface area (Å²) in [6.07, 6.45) is 7.56. The Hall–Kier alpha value is -2.77. The van der Waals surface area contributed by atoms with Gasteiger partial charge in [-0.3, -0.25) is 4.79 Å². The Bertz CT molecular complexity index is 832. The largest absolute Gasteiger partial charge is 0.342 e. The molecule has 0 saturated heterocycles. The molecule has 8 nitrogen and oxygen atoms in total. The molecule has 3 heterocycles. The molecule has 1 N–H and O–H groups in total. The molecule has 112 valence electrons. The van der Waals surface area contributed by atoms with Crippen molar-refractivity contribution in [2.75, 3.05) is 0 Å². The zero-order valence-corrected chi connectivity index (χ0v) is 12.0. The molecular weight excluding hydrogens is 282 g/mol. The first-order valence-corrected chi connectivity index (χ1v) is 7.18. The van der Waals surface area contributed by atoms with Gasteiger partial charge >= 0.3 is 0 Å². The van der Waals surface area contributed by atoms with Crippen molar-refractivity contribution in [2.24, 2.45) is 13.0 Å². The summed E-state index contributed by atoms with van der Waals surface area (Å²) in [6, 6.07) is 3.33. The Balaban J connectivity index is 1.60. The fourth-order valence-electron chi connectivity index (χ4n) is 2.61. The molecule has 0 unspecified atom stereocenters. The van der Waals surface area contributed by atoms with Crippen LogP contribution in [0, 0.1) is 5.92 Å². The van der Waals surface area contributed by atoms with Crippen molar-refractivity contribution < 1.29 is 4.79 Å². The van der Waals surface area contributed by atoms with Crippen LogP contribution in [0.4, 0.5) is 0 Å². The predicted octanol–water partition coefficient (Wildman–Crippen LogP) is 0.739. The second-order valence-electron chi connectivity index (χ2n) is 5.58. The lowest BCUT2D eigenvalue weighted by molar-refractivity contribution is 0.0929. The maximum atomic E-state index is 12.5. The minimum absolute atomic E-state index is 0.0558. The quantitative estimate of drug-likeness (QED) is 0.767. The number of carbonyl (C=O) groups is 1. The molecule has 8 heteroatoms. The van der Waals surface area contributed by atoms with Crippen molar-refractivity contribution >= 4 is 11.6 Å². The summed E-state index contributed by atoms with van der Waals surface area (Å²) < 4.78 is 3.48. The minimum Gasteiger partial charge on any atom is -0.342 e. The number of imidazole rings is 1. The van der Waals surface area contributed by atoms with Gasteiger partial charge in [0.15, 0.2) is 5.65 Å². The van der Waals surface area contributed by atoms with Gasteiger partial charge in [-0.25, -0.2) is 9.50 Å². The zero-order chi connectivity index (χ0) is 15.1. The number of rotatable bonds is 4. The van der Waals surface area contributed by atoms with Gasteiger partial charge in [-0.1, -0.05) is 0 Å². The van der Waals surface area contributed by atoms with Crippen molar-refractivity contribution in [1.29, 1.82) is 0 Å². The number of aromatic nitrogens is 6. The number of nitrogens with zero attached hydrogens (tertiary/aromatic N) is 6. The first kappa shape index (κ1) is 12.9. The first-order valence-electron chi connectivity index (χ1n) is 7.18. The molecule has 1 aliphatic carbocycles. The Morgan fingerprint density at radius 3 is 3.00 bits per heavy atom. The van der Waals surface area contributed by atoms with Gasteiger partial charge in [0, 0.05) is 31.2 Å². The Morgan fingerprint density at radius 2 is 2.27 bits per heavy atom. The molecule has 3 aromatic rings. The minimum atomic E-state index is -0.134. The summed E-state index contributed by atoms with van der Waals surface area (Å²) in [4.78, 5) is 16.9. The summed E-state index contributed by atoms with van der Waals surface area (Å²) in [5.74, 6) is 1.22. The monoisotopic (exact) mass is 297 g/mol. The van der Waals surface area contributed by atoms with Crippen molar-refractivity contribution in [2.45, 2.75) is 18.9 Å². The second kappa shape index (κ2) is 4.90. The molecule has 22 heavy (non-hydrogen) atoms. The van der Waals surface area contributed by atoms with E-state index in [2.05, 4.69) is 25.8 Å². The van der Waals surface area contributed by atoms with Crippen LogP contribution in [0.5, 0.6) is 0 Å². The lowest BCUT2D eigenvalue weighted by Gasteiger charge is -2.18. The van der Waals surface area contributed by atoms with E-state index in [-0.39, 0.29) is 11.9 Å². The molecule has 1 atom stereocenters. The van der Waals surface area contributed by atoms with Crippen molar-refractivity contribution in [3.05, 3.63) is 42.1 Å². The number of hydrogen-bond acceptors (Lipinski definition) is 5. The molecule has 0 radical (unpaired) electrons. The molecule has 0 aromatic carbocycles. The zero-order valence-electron chi connectivity index (χ0n) is 12.0. The highest BCUT2D eigenvalue weighted by atomic mass is 16.1. The van der Waals surface area contributed by atoms with Crippen LogP contribution in [-0.2, 0) is 7.05 Å². The van der Waals surface area contributed by atoms with Gasteiger partial charge in [0.25, 0.3) is 5.91 Å². The number of aryl methyl sites for hydroxylation is 1. The summed E-state index contributed by atoms with van der Waals surface area (Å²) in [7, 11) is 1.94. The standard InChI is InChI=1S/C14H15N7O/c1-20-7-5-15-13(20)12(9-2-3-9)16-14(22)10-4-6-21-11(8-10)17-18-19-21/h4-9,12H,2-3H2,1H3,(H,16,22)/t12-/m1/s1. The van der Waals surface area contributed by atoms with Crippen LogP contribution in [0.15, 0.2) is 30.7 Å². The van der Waals surface area contributed by atoms with Crippen LogP contribution in [0.1, 0.15) is 35.1 Å². The van der Waals surface area contributed by atoms with E-state index in [1.807, 2.05) is 17.8 Å². The van der Waals surface area contributed by atoms with E-state index in [0.717, 1.165) is 18.7 Å². The molecule has 1 aliphatic rings. The molecule has 1 amide bonds. The highest BCUT2D eigenvalue weighted by Gasteiger charge is 2.35. The van der Waals surface area contributed by atoms with E-state index in [4.69, 9.17) is 0 Å². The fraction of sp³-hybridized carbons (Fsp3) is 0.357. The van der Waals surface area contributed by atoms with E-state index in [1.165, 1.54) is 4.52 Å². The van der Waals surface area contributed by atoms with Gasteiger partial charge in [-0.15, -0.1) is 5.10 Å². The second-order valence-corrected chi connectivity index (χ2v) is 5.58. The molecule has 0 spiro atoms. The van der Waals surface area contributed by atoms with Crippen LogP contribution in [0.2, 0.25) is 0 Å². The van der Waals surface area contributed by atoms with Gasteiger partial charge in [-0.05, 0) is 41.3 Å². The number of tetrazole rings is 1. The van der Waals surface area contributed by atoms with Gasteiger partial charge in [-0.2, -0.15) is 0 Å². The number of hydrogen-bond donors (Lipinski definition) is 1. The van der Waals surface area contributed by atoms with Crippen molar-refractivity contribution in [1.82, 2.24) is 34.9 Å². The fourth-order valence-corrected chi connectivity index (χ4v) is 2.61. The third-order valence-electron chi connectivity index (χ3n) is 3.98. The summed E-state index contributed by atoms with van der Waals surface area (Å²) in [5.41, 5.74) is 1.09. The smallest absolute Gasteiger partial charge is 0.252 e. The third-order valence-corrected chi connectivity index (χ3v) is 3.98. The highest BCUT2D eigenvalue weighted by Crippen LogP contribution is 2.40. The van der Waals surface area contributed by atoms with Crippen LogP contribution >= 0.6 is 0 Å². The molecule has 4 rings (SSSR count). The lowest BCUT2D eigenvalue weighted by atomic mass is 10.1.